The van der Waals surface area contributed by atoms with Gasteiger partial charge in [-0.25, -0.2) is 5.01 Å². The van der Waals surface area contributed by atoms with E-state index in [1.165, 1.54) is 0 Å². The average molecular weight is 313 g/mol. The van der Waals surface area contributed by atoms with Crippen LogP contribution in [-0.4, -0.2) is 48.6 Å². The van der Waals surface area contributed by atoms with Crippen molar-refractivity contribution in [2.24, 2.45) is 21.0 Å². The summed E-state index contributed by atoms with van der Waals surface area (Å²) in [5.41, 5.74) is 6.35. The molecule has 0 aromatic heterocycles. The normalized spacial score (nSPS) is 15.3. The molecule has 8 heteroatoms. The van der Waals surface area contributed by atoms with Gasteiger partial charge in [0.05, 0.1) is 10.0 Å². The fourth-order valence-electron chi connectivity index (χ4n) is 1.55. The van der Waals surface area contributed by atoms with Gasteiger partial charge in [-0.15, -0.1) is 10.2 Å². The van der Waals surface area contributed by atoms with Crippen molar-refractivity contribution in [2.45, 2.75) is 0 Å². The third kappa shape index (κ3) is 3.20. The summed E-state index contributed by atoms with van der Waals surface area (Å²) in [6.07, 6.45) is 1.65. The van der Waals surface area contributed by atoms with Gasteiger partial charge in [0, 0.05) is 19.7 Å². The first-order valence-corrected chi connectivity index (χ1v) is 6.57. The predicted molar refractivity (Wildman–Crippen MR) is 83.5 cm³/mol. The topological polar surface area (TPSA) is 69.6 Å². The Morgan fingerprint density at radius 2 is 2.10 bits per heavy atom. The van der Waals surface area contributed by atoms with Crippen LogP contribution in [0.25, 0.3) is 0 Å². The second-order valence-electron chi connectivity index (χ2n) is 4.37. The van der Waals surface area contributed by atoms with E-state index in [1.807, 2.05) is 20.2 Å². The number of amidine groups is 2. The Hall–Kier alpha value is -1.79. The van der Waals surface area contributed by atoms with Crippen LogP contribution in [0.3, 0.4) is 0 Å². The van der Waals surface area contributed by atoms with Gasteiger partial charge in [0.15, 0.2) is 5.84 Å². The molecular formula is C12H14Cl2N6. The van der Waals surface area contributed by atoms with E-state index in [0.29, 0.717) is 33.8 Å². The largest absolute Gasteiger partial charge is 0.384 e. The number of halogens is 2. The maximum atomic E-state index is 6.21. The minimum absolute atomic E-state index is 0.339. The molecule has 0 radical (unpaired) electrons. The minimum Gasteiger partial charge on any atom is -0.384 e. The first kappa shape index (κ1) is 14.6. The molecule has 0 saturated heterocycles. The van der Waals surface area contributed by atoms with Gasteiger partial charge >= 0.3 is 0 Å². The molecule has 1 aromatic rings. The van der Waals surface area contributed by atoms with Gasteiger partial charge in [-0.3, -0.25) is 0 Å². The number of nitrogens with two attached hydrogens (primary N) is 1. The number of hydrazone groups is 1. The number of hydrogen-bond donors (Lipinski definition) is 1. The fourth-order valence-corrected chi connectivity index (χ4v) is 1.94. The Kier molecular flexibility index (Phi) is 4.46. The summed E-state index contributed by atoms with van der Waals surface area (Å²) < 4.78 is 0. The second-order valence-corrected chi connectivity index (χ2v) is 5.15. The first-order chi connectivity index (χ1) is 9.49. The third-order valence-electron chi connectivity index (χ3n) is 2.44. The van der Waals surface area contributed by atoms with Crippen molar-refractivity contribution < 1.29 is 0 Å². The van der Waals surface area contributed by atoms with E-state index in [1.54, 1.807) is 28.4 Å². The van der Waals surface area contributed by atoms with Crippen LogP contribution in [0.1, 0.15) is 5.56 Å². The third-order valence-corrected chi connectivity index (χ3v) is 3.26. The van der Waals surface area contributed by atoms with Crippen molar-refractivity contribution in [3.05, 3.63) is 33.8 Å². The summed E-state index contributed by atoms with van der Waals surface area (Å²) in [4.78, 5) is 1.80. The Labute approximate surface area is 127 Å². The van der Waals surface area contributed by atoms with Crippen molar-refractivity contribution in [1.29, 1.82) is 0 Å². The van der Waals surface area contributed by atoms with Gasteiger partial charge in [0.1, 0.15) is 18.7 Å². The van der Waals surface area contributed by atoms with E-state index < -0.39 is 0 Å². The highest BCUT2D eigenvalue weighted by Crippen LogP contribution is 2.27. The Balaban J connectivity index is 2.42. The summed E-state index contributed by atoms with van der Waals surface area (Å²) in [7, 11) is 3.74. The van der Waals surface area contributed by atoms with Crippen LogP contribution < -0.4 is 5.73 Å². The van der Waals surface area contributed by atoms with Gasteiger partial charge in [-0.05, 0) is 12.1 Å². The lowest BCUT2D eigenvalue weighted by molar-refractivity contribution is 0.484. The highest BCUT2D eigenvalue weighted by Gasteiger charge is 2.21. The van der Waals surface area contributed by atoms with Gasteiger partial charge in [-0.2, -0.15) is 5.10 Å². The Morgan fingerprint density at radius 3 is 2.80 bits per heavy atom. The molecule has 0 aliphatic carbocycles. The molecule has 106 valence electrons. The van der Waals surface area contributed by atoms with Crippen LogP contribution in [0.2, 0.25) is 10.0 Å². The van der Waals surface area contributed by atoms with Gasteiger partial charge in [0.25, 0.3) is 0 Å². The zero-order chi connectivity index (χ0) is 14.7. The maximum Gasteiger partial charge on any atom is 0.180 e. The average Bonchev–Trinajstić information content (AvgIpc) is 2.40. The number of nitrogens with zero attached hydrogens (tertiary/aromatic N) is 5. The maximum absolute atomic E-state index is 6.21. The van der Waals surface area contributed by atoms with Gasteiger partial charge in [-0.1, -0.05) is 29.3 Å². The summed E-state index contributed by atoms with van der Waals surface area (Å²) in [6, 6.07) is 5.31. The standard InChI is InChI=1S/C12H14Cl2N6/c1-19(2)7-16-20-6-10(15)17-18-12(20)8-4-3-5-9(13)11(8)14/h3-5,7H,6H2,1-2H3,(H2,15,17). The summed E-state index contributed by atoms with van der Waals surface area (Å²) in [6.45, 7) is 0.339. The SMILES string of the molecule is CN(C)C=NN1CC(N)=NN=C1c1cccc(Cl)c1Cl. The molecule has 0 unspecified atom stereocenters. The van der Waals surface area contributed by atoms with E-state index >= 15 is 0 Å². The predicted octanol–water partition coefficient (Wildman–Crippen LogP) is 1.83. The second kappa shape index (κ2) is 6.11. The minimum atomic E-state index is 0.339. The molecule has 1 aliphatic heterocycles. The van der Waals surface area contributed by atoms with E-state index in [2.05, 4.69) is 15.3 Å². The summed E-state index contributed by atoms with van der Waals surface area (Å²) in [5.74, 6) is 0.882. The van der Waals surface area contributed by atoms with Crippen molar-refractivity contribution in [1.82, 2.24) is 9.91 Å². The number of benzene rings is 1. The highest BCUT2D eigenvalue weighted by atomic mass is 35.5. The van der Waals surface area contributed by atoms with Crippen LogP contribution in [0, 0.1) is 0 Å². The molecule has 0 atom stereocenters. The lowest BCUT2D eigenvalue weighted by Crippen LogP contribution is -2.38. The van der Waals surface area contributed by atoms with E-state index in [4.69, 9.17) is 28.9 Å². The lowest BCUT2D eigenvalue weighted by Gasteiger charge is -2.23. The molecule has 0 amide bonds. The van der Waals surface area contributed by atoms with Crippen molar-refractivity contribution in [3.63, 3.8) is 0 Å². The number of hydrogen-bond acceptors (Lipinski definition) is 5. The molecule has 2 rings (SSSR count). The molecule has 6 nitrogen and oxygen atoms in total. The van der Waals surface area contributed by atoms with Crippen LogP contribution >= 0.6 is 23.2 Å². The lowest BCUT2D eigenvalue weighted by atomic mass is 10.2. The molecule has 20 heavy (non-hydrogen) atoms. The molecule has 1 aliphatic rings. The monoisotopic (exact) mass is 312 g/mol. The molecule has 1 aromatic carbocycles. The Morgan fingerprint density at radius 1 is 1.35 bits per heavy atom. The molecule has 2 N–H and O–H groups in total. The van der Waals surface area contributed by atoms with Crippen molar-refractivity contribution >= 4 is 41.2 Å². The molecule has 1 heterocycles. The van der Waals surface area contributed by atoms with Gasteiger partial charge < -0.3 is 10.6 Å². The molecule has 0 spiro atoms. The van der Waals surface area contributed by atoms with E-state index in [-0.39, 0.29) is 0 Å². The van der Waals surface area contributed by atoms with E-state index in [9.17, 15) is 0 Å². The molecular weight excluding hydrogens is 299 g/mol. The van der Waals surface area contributed by atoms with Crippen LogP contribution in [-0.2, 0) is 0 Å². The number of rotatable bonds is 3. The van der Waals surface area contributed by atoms with E-state index in [0.717, 1.165) is 0 Å². The van der Waals surface area contributed by atoms with Crippen LogP contribution in [0.5, 0.6) is 0 Å². The zero-order valence-electron chi connectivity index (χ0n) is 11.1. The summed E-state index contributed by atoms with van der Waals surface area (Å²) in [5, 5.41) is 14.7. The molecule has 0 saturated carbocycles. The van der Waals surface area contributed by atoms with Crippen LogP contribution in [0.4, 0.5) is 0 Å². The Bertz CT molecular complexity index is 594. The van der Waals surface area contributed by atoms with Crippen LogP contribution in [0.15, 0.2) is 33.5 Å². The zero-order valence-corrected chi connectivity index (χ0v) is 12.6. The highest BCUT2D eigenvalue weighted by molar-refractivity contribution is 6.44. The molecule has 0 bridgehead atoms. The molecule has 0 fully saturated rings. The van der Waals surface area contributed by atoms with Gasteiger partial charge in [0.2, 0.25) is 0 Å². The smallest absolute Gasteiger partial charge is 0.180 e. The van der Waals surface area contributed by atoms with Crippen molar-refractivity contribution in [2.75, 3.05) is 20.6 Å². The first-order valence-electron chi connectivity index (χ1n) is 5.81. The summed E-state index contributed by atoms with van der Waals surface area (Å²) >= 11 is 12.2. The fraction of sp³-hybridized carbons (Fsp3) is 0.250. The quantitative estimate of drug-likeness (QED) is 0.684. The van der Waals surface area contributed by atoms with Crippen molar-refractivity contribution in [3.8, 4) is 0 Å².